The van der Waals surface area contributed by atoms with Crippen LogP contribution in [-0.4, -0.2) is 7.11 Å². The molecule has 19 heavy (non-hydrogen) atoms. The van der Waals surface area contributed by atoms with Gasteiger partial charge in [0.25, 0.3) is 6.43 Å². The van der Waals surface area contributed by atoms with Crippen LogP contribution in [0.5, 0.6) is 5.75 Å². The summed E-state index contributed by atoms with van der Waals surface area (Å²) in [6.45, 7) is 0. The van der Waals surface area contributed by atoms with Crippen LogP contribution in [0.3, 0.4) is 0 Å². The van der Waals surface area contributed by atoms with E-state index in [0.717, 1.165) is 0 Å². The molecule has 2 aromatic carbocycles. The molecule has 0 atom stereocenters. The second-order valence-electron chi connectivity index (χ2n) is 3.86. The largest absolute Gasteiger partial charge is 0.496 e. The van der Waals surface area contributed by atoms with Crippen LogP contribution in [0, 0.1) is 0 Å². The number of benzene rings is 2. The van der Waals surface area contributed by atoms with Crippen LogP contribution >= 0.6 is 23.2 Å². The number of halogens is 4. The van der Waals surface area contributed by atoms with Crippen molar-refractivity contribution in [3.8, 4) is 16.9 Å². The molecule has 0 saturated carbocycles. The Morgan fingerprint density at radius 1 is 1.11 bits per heavy atom. The van der Waals surface area contributed by atoms with Crippen molar-refractivity contribution in [2.75, 3.05) is 7.11 Å². The number of hydrogen-bond donors (Lipinski definition) is 0. The van der Waals surface area contributed by atoms with Gasteiger partial charge in [-0.1, -0.05) is 41.4 Å². The monoisotopic (exact) mass is 302 g/mol. The van der Waals surface area contributed by atoms with Gasteiger partial charge in [-0.2, -0.15) is 0 Å². The van der Waals surface area contributed by atoms with Crippen LogP contribution < -0.4 is 4.74 Å². The summed E-state index contributed by atoms with van der Waals surface area (Å²) < 4.78 is 30.8. The van der Waals surface area contributed by atoms with Gasteiger partial charge >= 0.3 is 0 Å². The fraction of sp³-hybridized carbons (Fsp3) is 0.143. The second kappa shape index (κ2) is 5.76. The molecule has 0 aliphatic carbocycles. The summed E-state index contributed by atoms with van der Waals surface area (Å²) in [5.74, 6) is 0.150. The Labute approximate surface area is 119 Å². The Balaban J connectivity index is 2.57. The molecule has 0 aliphatic heterocycles. The molecule has 0 N–H and O–H groups in total. The van der Waals surface area contributed by atoms with Crippen molar-refractivity contribution in [2.45, 2.75) is 6.43 Å². The maximum absolute atomic E-state index is 13.0. The summed E-state index contributed by atoms with van der Waals surface area (Å²) in [5.41, 5.74) is 1.01. The molecule has 0 saturated heterocycles. The van der Waals surface area contributed by atoms with Gasteiger partial charge in [-0.05, 0) is 23.8 Å². The summed E-state index contributed by atoms with van der Waals surface area (Å²) in [4.78, 5) is 0. The summed E-state index contributed by atoms with van der Waals surface area (Å²) >= 11 is 12.0. The van der Waals surface area contributed by atoms with Crippen molar-refractivity contribution in [1.29, 1.82) is 0 Å². The van der Waals surface area contributed by atoms with E-state index in [-0.39, 0.29) is 11.3 Å². The zero-order valence-corrected chi connectivity index (χ0v) is 11.5. The Kier molecular flexibility index (Phi) is 4.27. The minimum atomic E-state index is -2.62. The average Bonchev–Trinajstić information content (AvgIpc) is 2.41. The molecule has 0 radical (unpaired) electrons. The van der Waals surface area contributed by atoms with Crippen molar-refractivity contribution >= 4 is 23.2 Å². The van der Waals surface area contributed by atoms with E-state index in [1.165, 1.54) is 19.2 Å². The molecule has 0 heterocycles. The first-order valence-corrected chi connectivity index (χ1v) is 6.20. The predicted octanol–water partition coefficient (Wildman–Crippen LogP) is 5.61. The fourth-order valence-electron chi connectivity index (χ4n) is 1.80. The molecule has 2 aromatic rings. The first-order chi connectivity index (χ1) is 9.04. The number of rotatable bonds is 3. The lowest BCUT2D eigenvalue weighted by Crippen LogP contribution is -1.93. The van der Waals surface area contributed by atoms with E-state index in [1.54, 1.807) is 24.3 Å². The second-order valence-corrected chi connectivity index (χ2v) is 4.64. The van der Waals surface area contributed by atoms with Crippen LogP contribution in [0.1, 0.15) is 12.0 Å². The summed E-state index contributed by atoms with van der Waals surface area (Å²) in [5, 5.41) is 0.725. The molecular formula is C14H10Cl2F2O. The predicted molar refractivity (Wildman–Crippen MR) is 73.4 cm³/mol. The Hall–Kier alpha value is -1.32. The van der Waals surface area contributed by atoms with Crippen LogP contribution in [0.15, 0.2) is 36.4 Å². The maximum Gasteiger partial charge on any atom is 0.267 e. The Bertz CT molecular complexity index is 600. The number of ether oxygens (including phenoxy) is 1. The highest BCUT2D eigenvalue weighted by Crippen LogP contribution is 2.37. The SMILES string of the molecule is COc1ccc(-c2cccc(Cl)c2Cl)cc1C(F)F. The molecule has 0 fully saturated rings. The third-order valence-corrected chi connectivity index (χ3v) is 3.55. The topological polar surface area (TPSA) is 9.23 Å². The van der Waals surface area contributed by atoms with Gasteiger partial charge in [-0.3, -0.25) is 0 Å². The van der Waals surface area contributed by atoms with Crippen LogP contribution in [-0.2, 0) is 0 Å². The molecular weight excluding hydrogens is 293 g/mol. The summed E-state index contributed by atoms with van der Waals surface area (Å²) in [6.07, 6.45) is -2.62. The maximum atomic E-state index is 13.0. The minimum absolute atomic E-state index is 0.150. The first kappa shape index (κ1) is 14.1. The molecule has 0 spiro atoms. The van der Waals surface area contributed by atoms with Crippen molar-refractivity contribution in [3.05, 3.63) is 52.0 Å². The smallest absolute Gasteiger partial charge is 0.267 e. The molecule has 0 bridgehead atoms. The lowest BCUT2D eigenvalue weighted by Gasteiger charge is -2.11. The van der Waals surface area contributed by atoms with E-state index >= 15 is 0 Å². The third kappa shape index (κ3) is 2.82. The zero-order valence-electron chi connectivity index (χ0n) is 9.96. The van der Waals surface area contributed by atoms with Crippen molar-refractivity contribution in [3.63, 3.8) is 0 Å². The van der Waals surface area contributed by atoms with Crippen LogP contribution in [0.2, 0.25) is 10.0 Å². The number of hydrogen-bond acceptors (Lipinski definition) is 1. The number of methoxy groups -OCH3 is 1. The molecule has 2 rings (SSSR count). The highest BCUT2D eigenvalue weighted by Gasteiger charge is 2.16. The van der Waals surface area contributed by atoms with Gasteiger partial charge in [0.05, 0.1) is 22.7 Å². The van der Waals surface area contributed by atoms with Crippen molar-refractivity contribution in [2.24, 2.45) is 0 Å². The Morgan fingerprint density at radius 3 is 2.47 bits per heavy atom. The summed E-state index contributed by atoms with van der Waals surface area (Å²) in [7, 11) is 1.35. The molecule has 0 amide bonds. The quantitative estimate of drug-likeness (QED) is 0.716. The first-order valence-electron chi connectivity index (χ1n) is 5.45. The standard InChI is InChI=1S/C14H10Cl2F2O/c1-19-12-6-5-8(7-10(12)14(17)18)9-3-2-4-11(15)13(9)16/h2-7,14H,1H3. The van der Waals surface area contributed by atoms with Crippen LogP contribution in [0.25, 0.3) is 11.1 Å². The van der Waals surface area contributed by atoms with Gasteiger partial charge in [-0.15, -0.1) is 0 Å². The van der Waals surface area contributed by atoms with E-state index in [0.29, 0.717) is 21.2 Å². The lowest BCUT2D eigenvalue weighted by atomic mass is 10.0. The number of alkyl halides is 2. The molecule has 1 nitrogen and oxygen atoms in total. The highest BCUT2D eigenvalue weighted by molar-refractivity contribution is 6.43. The van der Waals surface area contributed by atoms with E-state index in [9.17, 15) is 8.78 Å². The molecule has 100 valence electrons. The van der Waals surface area contributed by atoms with E-state index < -0.39 is 6.43 Å². The van der Waals surface area contributed by atoms with Crippen LogP contribution in [0.4, 0.5) is 8.78 Å². The van der Waals surface area contributed by atoms with Crippen molar-refractivity contribution in [1.82, 2.24) is 0 Å². The van der Waals surface area contributed by atoms with E-state index in [2.05, 4.69) is 0 Å². The van der Waals surface area contributed by atoms with Gasteiger partial charge < -0.3 is 4.74 Å². The average molecular weight is 303 g/mol. The minimum Gasteiger partial charge on any atom is -0.496 e. The van der Waals surface area contributed by atoms with Crippen molar-refractivity contribution < 1.29 is 13.5 Å². The lowest BCUT2D eigenvalue weighted by molar-refractivity contribution is 0.147. The molecule has 0 aromatic heterocycles. The zero-order chi connectivity index (χ0) is 14.0. The van der Waals surface area contributed by atoms with Gasteiger partial charge in [0.1, 0.15) is 5.75 Å². The molecule has 5 heteroatoms. The third-order valence-electron chi connectivity index (χ3n) is 2.73. The van der Waals surface area contributed by atoms with E-state index in [1.807, 2.05) is 0 Å². The highest BCUT2D eigenvalue weighted by atomic mass is 35.5. The van der Waals surface area contributed by atoms with E-state index in [4.69, 9.17) is 27.9 Å². The van der Waals surface area contributed by atoms with Gasteiger partial charge in [0.2, 0.25) is 0 Å². The van der Waals surface area contributed by atoms with Gasteiger partial charge in [0.15, 0.2) is 0 Å². The molecule has 0 unspecified atom stereocenters. The fourth-order valence-corrected chi connectivity index (χ4v) is 2.21. The van der Waals surface area contributed by atoms with Gasteiger partial charge in [-0.25, -0.2) is 8.78 Å². The summed E-state index contributed by atoms with van der Waals surface area (Å²) in [6, 6.07) is 9.61. The van der Waals surface area contributed by atoms with Gasteiger partial charge in [0, 0.05) is 5.56 Å². The Morgan fingerprint density at radius 2 is 1.84 bits per heavy atom. The normalized spacial score (nSPS) is 10.8. The molecule has 0 aliphatic rings.